The fourth-order valence-corrected chi connectivity index (χ4v) is 1.20. The Labute approximate surface area is 82.4 Å². The van der Waals surface area contributed by atoms with Crippen LogP contribution >= 0.6 is 0 Å². The van der Waals surface area contributed by atoms with Gasteiger partial charge in [-0.1, -0.05) is 12.1 Å². The van der Waals surface area contributed by atoms with Crippen LogP contribution in [-0.2, 0) is 21.1 Å². The van der Waals surface area contributed by atoms with Gasteiger partial charge in [-0.25, -0.2) is 5.14 Å². The average molecular weight is 217 g/mol. The molecule has 5 nitrogen and oxygen atoms in total. The highest BCUT2D eigenvalue weighted by Crippen LogP contribution is 2.17. The minimum Gasteiger partial charge on any atom is -0.508 e. The van der Waals surface area contributed by atoms with Crippen LogP contribution in [0.1, 0.15) is 11.1 Å². The third-order valence-electron chi connectivity index (χ3n) is 1.66. The summed E-state index contributed by atoms with van der Waals surface area (Å²) < 4.78 is 25.2. The van der Waals surface area contributed by atoms with Crippen LogP contribution in [0.2, 0.25) is 0 Å². The zero-order valence-corrected chi connectivity index (χ0v) is 8.41. The molecule has 0 amide bonds. The number of rotatable bonds is 3. The molecular weight excluding hydrogens is 206 g/mol. The Kier molecular flexibility index (Phi) is 3.10. The molecule has 1 aromatic rings. The third kappa shape index (κ3) is 3.33. The summed E-state index contributed by atoms with van der Waals surface area (Å²) in [6.07, 6.45) is 0. The molecule has 0 bridgehead atoms. The summed E-state index contributed by atoms with van der Waals surface area (Å²) in [6, 6.07) is 4.75. The van der Waals surface area contributed by atoms with Crippen molar-refractivity contribution in [1.29, 1.82) is 0 Å². The molecule has 0 aliphatic carbocycles. The molecule has 0 atom stereocenters. The standard InChI is InChI=1S/C8H11NO4S/c1-6-2-3-7(4-8(6)10)5-13-14(9,11)12/h2-4,10H,5H2,1H3,(H2,9,11,12). The molecule has 0 fully saturated rings. The van der Waals surface area contributed by atoms with Crippen molar-refractivity contribution in [3.05, 3.63) is 29.3 Å². The highest BCUT2D eigenvalue weighted by Gasteiger charge is 2.04. The van der Waals surface area contributed by atoms with Gasteiger partial charge in [0, 0.05) is 0 Å². The van der Waals surface area contributed by atoms with E-state index in [9.17, 15) is 13.5 Å². The summed E-state index contributed by atoms with van der Waals surface area (Å²) in [7, 11) is -3.93. The zero-order valence-electron chi connectivity index (χ0n) is 7.60. The molecule has 0 heterocycles. The van der Waals surface area contributed by atoms with Gasteiger partial charge in [-0.05, 0) is 24.1 Å². The molecule has 0 aromatic heterocycles. The maximum absolute atomic E-state index is 10.4. The van der Waals surface area contributed by atoms with Crippen LogP contribution in [0.4, 0.5) is 0 Å². The van der Waals surface area contributed by atoms with E-state index in [-0.39, 0.29) is 12.4 Å². The summed E-state index contributed by atoms with van der Waals surface area (Å²) in [5, 5.41) is 13.9. The smallest absolute Gasteiger partial charge is 0.333 e. The van der Waals surface area contributed by atoms with Crippen molar-refractivity contribution < 1.29 is 17.7 Å². The SMILES string of the molecule is Cc1ccc(COS(N)(=O)=O)cc1O. The van der Waals surface area contributed by atoms with E-state index in [1.807, 2.05) is 0 Å². The predicted molar refractivity (Wildman–Crippen MR) is 50.7 cm³/mol. The first kappa shape index (κ1) is 11.0. The van der Waals surface area contributed by atoms with Crippen LogP contribution < -0.4 is 5.14 Å². The lowest BCUT2D eigenvalue weighted by atomic mass is 10.1. The molecule has 0 aliphatic heterocycles. The molecular formula is C8H11NO4S. The number of aromatic hydroxyl groups is 1. The monoisotopic (exact) mass is 217 g/mol. The molecule has 0 saturated heterocycles. The van der Waals surface area contributed by atoms with E-state index in [1.165, 1.54) is 6.07 Å². The highest BCUT2D eigenvalue weighted by molar-refractivity contribution is 7.84. The van der Waals surface area contributed by atoms with Crippen molar-refractivity contribution in [3.8, 4) is 5.75 Å². The summed E-state index contributed by atoms with van der Waals surface area (Å²) in [4.78, 5) is 0. The molecule has 1 rings (SSSR count). The molecule has 78 valence electrons. The summed E-state index contributed by atoms with van der Waals surface area (Å²) in [6.45, 7) is 1.56. The second-order valence-electron chi connectivity index (χ2n) is 2.88. The van der Waals surface area contributed by atoms with E-state index < -0.39 is 10.3 Å². The van der Waals surface area contributed by atoms with Gasteiger partial charge in [0.15, 0.2) is 0 Å². The van der Waals surface area contributed by atoms with E-state index >= 15 is 0 Å². The minimum absolute atomic E-state index is 0.0977. The zero-order chi connectivity index (χ0) is 10.8. The number of nitrogens with two attached hydrogens (primary N) is 1. The van der Waals surface area contributed by atoms with Crippen molar-refractivity contribution in [2.24, 2.45) is 5.14 Å². The Bertz CT molecular complexity index is 427. The second kappa shape index (κ2) is 3.95. The van der Waals surface area contributed by atoms with Gasteiger partial charge in [0.05, 0.1) is 6.61 Å². The molecule has 0 aliphatic rings. The van der Waals surface area contributed by atoms with Gasteiger partial charge in [-0.15, -0.1) is 0 Å². The van der Waals surface area contributed by atoms with Crippen LogP contribution in [0.3, 0.4) is 0 Å². The van der Waals surface area contributed by atoms with E-state index in [4.69, 9.17) is 0 Å². The highest BCUT2D eigenvalue weighted by atomic mass is 32.2. The lowest BCUT2D eigenvalue weighted by Gasteiger charge is -2.03. The van der Waals surface area contributed by atoms with Gasteiger partial charge >= 0.3 is 10.3 Å². The predicted octanol–water partition coefficient (Wildman–Crippen LogP) is 0.421. The van der Waals surface area contributed by atoms with Gasteiger partial charge in [-0.3, -0.25) is 4.18 Å². The lowest BCUT2D eigenvalue weighted by Crippen LogP contribution is -2.15. The Hall–Kier alpha value is -1.11. The van der Waals surface area contributed by atoms with Crippen molar-refractivity contribution in [2.45, 2.75) is 13.5 Å². The fourth-order valence-electron chi connectivity index (χ4n) is 0.895. The average Bonchev–Trinajstić information content (AvgIpc) is 2.06. The summed E-state index contributed by atoms with van der Waals surface area (Å²) >= 11 is 0. The molecule has 6 heteroatoms. The maximum atomic E-state index is 10.4. The van der Waals surface area contributed by atoms with Crippen LogP contribution in [0.25, 0.3) is 0 Å². The number of aryl methyl sites for hydroxylation is 1. The summed E-state index contributed by atoms with van der Waals surface area (Å²) in [5.41, 5.74) is 1.26. The number of phenolic OH excluding ortho intramolecular Hbond substituents is 1. The number of hydrogen-bond donors (Lipinski definition) is 2. The number of benzene rings is 1. The Morgan fingerprint density at radius 1 is 1.50 bits per heavy atom. The maximum Gasteiger partial charge on any atom is 0.333 e. The van der Waals surface area contributed by atoms with E-state index in [0.717, 1.165) is 0 Å². The van der Waals surface area contributed by atoms with Gasteiger partial charge in [0.1, 0.15) is 5.75 Å². The van der Waals surface area contributed by atoms with E-state index in [2.05, 4.69) is 9.32 Å². The minimum atomic E-state index is -3.93. The third-order valence-corrected chi connectivity index (χ3v) is 2.11. The van der Waals surface area contributed by atoms with Gasteiger partial charge in [0.2, 0.25) is 0 Å². The van der Waals surface area contributed by atoms with Crippen molar-refractivity contribution >= 4 is 10.3 Å². The molecule has 1 aromatic carbocycles. The van der Waals surface area contributed by atoms with Gasteiger partial charge in [0.25, 0.3) is 0 Å². The first-order valence-corrected chi connectivity index (χ1v) is 5.31. The second-order valence-corrected chi connectivity index (χ2v) is 4.10. The Morgan fingerprint density at radius 2 is 2.14 bits per heavy atom. The quantitative estimate of drug-likeness (QED) is 0.767. The molecule has 0 spiro atoms. The first-order chi connectivity index (χ1) is 6.38. The largest absolute Gasteiger partial charge is 0.508 e. The normalized spacial score (nSPS) is 11.6. The first-order valence-electron chi connectivity index (χ1n) is 3.84. The van der Waals surface area contributed by atoms with E-state index in [1.54, 1.807) is 19.1 Å². The van der Waals surface area contributed by atoms with Crippen molar-refractivity contribution in [1.82, 2.24) is 0 Å². The molecule has 0 unspecified atom stereocenters. The van der Waals surface area contributed by atoms with Crippen LogP contribution in [0.5, 0.6) is 5.75 Å². The van der Waals surface area contributed by atoms with Crippen LogP contribution in [-0.4, -0.2) is 13.5 Å². The lowest BCUT2D eigenvalue weighted by molar-refractivity contribution is 0.308. The van der Waals surface area contributed by atoms with Crippen molar-refractivity contribution in [2.75, 3.05) is 0 Å². The van der Waals surface area contributed by atoms with Gasteiger partial charge < -0.3 is 5.11 Å². The Morgan fingerprint density at radius 3 is 2.64 bits per heavy atom. The molecule has 3 N–H and O–H groups in total. The fraction of sp³-hybridized carbons (Fsp3) is 0.250. The van der Waals surface area contributed by atoms with Crippen LogP contribution in [0.15, 0.2) is 18.2 Å². The van der Waals surface area contributed by atoms with Crippen LogP contribution in [0, 0.1) is 6.92 Å². The number of phenols is 1. The van der Waals surface area contributed by atoms with E-state index in [0.29, 0.717) is 11.1 Å². The topological polar surface area (TPSA) is 89.6 Å². The molecule has 0 radical (unpaired) electrons. The molecule has 14 heavy (non-hydrogen) atoms. The van der Waals surface area contributed by atoms with Crippen molar-refractivity contribution in [3.63, 3.8) is 0 Å². The molecule has 0 saturated carbocycles. The number of hydrogen-bond acceptors (Lipinski definition) is 4. The van der Waals surface area contributed by atoms with Gasteiger partial charge in [-0.2, -0.15) is 8.42 Å². The summed E-state index contributed by atoms with van der Waals surface area (Å²) in [5.74, 6) is 0.0977. The Balaban J connectivity index is 2.74.